The topological polar surface area (TPSA) is 228 Å². The van der Waals surface area contributed by atoms with E-state index in [1.165, 1.54) is 6.07 Å². The van der Waals surface area contributed by atoms with Crippen LogP contribution in [0.15, 0.2) is 39.5 Å². The van der Waals surface area contributed by atoms with Crippen LogP contribution in [0.2, 0.25) is 0 Å². The van der Waals surface area contributed by atoms with Gasteiger partial charge in [0.2, 0.25) is 17.5 Å². The maximum absolute atomic E-state index is 13.2. The predicted octanol–water partition coefficient (Wildman–Crippen LogP) is -0.447. The number of aliphatic hydroxyl groups excluding tert-OH is 3. The minimum atomic E-state index is -2.03. The van der Waals surface area contributed by atoms with E-state index in [4.69, 9.17) is 13.9 Å². The van der Waals surface area contributed by atoms with Gasteiger partial charge in [0.25, 0.3) is 0 Å². The highest BCUT2D eigenvalue weighted by molar-refractivity contribution is 5.88. The standard InChI is InChI=1S/C21H18O13/c22-7-4-10(25)12-11(5-7)32-17(6-1-2-8(23)9(24)3-6)18(13(12)26)33-21-16(29)14(27)15(28)19(34-21)20(30)31/h1-5,14-16,19,21-25,27-29H,(H,30,31)/t14-,15-,16+,19-,21+/m1/s1. The van der Waals surface area contributed by atoms with Gasteiger partial charge in [-0.05, 0) is 18.2 Å². The van der Waals surface area contributed by atoms with Crippen molar-refractivity contribution < 1.29 is 59.5 Å². The molecule has 13 heteroatoms. The quantitative estimate of drug-likeness (QED) is 0.223. The minimum Gasteiger partial charge on any atom is -0.508 e. The number of rotatable bonds is 4. The third-order valence-electron chi connectivity index (χ3n) is 5.20. The van der Waals surface area contributed by atoms with E-state index in [0.29, 0.717) is 0 Å². The van der Waals surface area contributed by atoms with Gasteiger partial charge in [0.1, 0.15) is 40.8 Å². The Morgan fingerprint density at radius 2 is 1.59 bits per heavy atom. The van der Waals surface area contributed by atoms with Crippen LogP contribution < -0.4 is 10.2 Å². The lowest BCUT2D eigenvalue weighted by molar-refractivity contribution is -0.271. The van der Waals surface area contributed by atoms with Crippen LogP contribution in [0.1, 0.15) is 0 Å². The number of phenols is 4. The fraction of sp³-hybridized carbons (Fsp3) is 0.238. The van der Waals surface area contributed by atoms with Crippen molar-refractivity contribution in [1.29, 1.82) is 0 Å². The Morgan fingerprint density at radius 1 is 0.882 bits per heavy atom. The Balaban J connectivity index is 1.91. The van der Waals surface area contributed by atoms with E-state index in [1.54, 1.807) is 0 Å². The average Bonchev–Trinajstić information content (AvgIpc) is 2.76. The van der Waals surface area contributed by atoms with Crippen molar-refractivity contribution in [3.05, 3.63) is 40.6 Å². The molecule has 1 saturated heterocycles. The van der Waals surface area contributed by atoms with Crippen LogP contribution in [0, 0.1) is 0 Å². The highest BCUT2D eigenvalue weighted by Crippen LogP contribution is 2.39. The molecule has 0 spiro atoms. The third kappa shape index (κ3) is 3.82. The fourth-order valence-corrected chi connectivity index (χ4v) is 3.50. The van der Waals surface area contributed by atoms with Gasteiger partial charge >= 0.3 is 5.97 Å². The van der Waals surface area contributed by atoms with Gasteiger partial charge in [-0.15, -0.1) is 0 Å². The van der Waals surface area contributed by atoms with Crippen molar-refractivity contribution >= 4 is 16.9 Å². The largest absolute Gasteiger partial charge is 0.508 e. The number of hydrogen-bond donors (Lipinski definition) is 8. The number of fused-ring (bicyclic) bond motifs is 1. The van der Waals surface area contributed by atoms with Crippen LogP contribution >= 0.6 is 0 Å². The van der Waals surface area contributed by atoms with Crippen molar-refractivity contribution in [2.24, 2.45) is 0 Å². The highest BCUT2D eigenvalue weighted by atomic mass is 16.7. The van der Waals surface area contributed by atoms with Crippen molar-refractivity contribution in [2.45, 2.75) is 30.7 Å². The molecule has 3 aromatic rings. The van der Waals surface area contributed by atoms with Gasteiger partial charge in [0, 0.05) is 17.7 Å². The molecule has 8 N–H and O–H groups in total. The number of carbonyl (C=O) groups is 1. The Morgan fingerprint density at radius 3 is 2.24 bits per heavy atom. The number of phenolic OH excluding ortho intramolecular Hbond substituents is 4. The number of hydrogen-bond acceptors (Lipinski definition) is 12. The lowest BCUT2D eigenvalue weighted by atomic mass is 9.99. The van der Waals surface area contributed by atoms with Crippen molar-refractivity contribution in [1.82, 2.24) is 0 Å². The summed E-state index contributed by atoms with van der Waals surface area (Å²) in [5, 5.41) is 78.3. The van der Waals surface area contributed by atoms with Crippen LogP contribution in [0.25, 0.3) is 22.3 Å². The van der Waals surface area contributed by atoms with Crippen LogP contribution in [-0.4, -0.2) is 77.5 Å². The summed E-state index contributed by atoms with van der Waals surface area (Å²) in [5.74, 6) is -5.11. The van der Waals surface area contributed by atoms with E-state index in [2.05, 4.69) is 0 Å². The van der Waals surface area contributed by atoms with Crippen molar-refractivity contribution in [3.63, 3.8) is 0 Å². The van der Waals surface area contributed by atoms with Crippen LogP contribution in [0.5, 0.6) is 28.7 Å². The Hall–Kier alpha value is -4.04. The highest BCUT2D eigenvalue weighted by Gasteiger charge is 2.48. The Bertz CT molecular complexity index is 1330. The van der Waals surface area contributed by atoms with Crippen LogP contribution in [-0.2, 0) is 9.53 Å². The molecule has 34 heavy (non-hydrogen) atoms. The summed E-state index contributed by atoms with van der Waals surface area (Å²) in [4.78, 5) is 24.6. The van der Waals surface area contributed by atoms with Gasteiger partial charge in [-0.25, -0.2) is 4.79 Å². The number of carboxylic acid groups (broad SMARTS) is 1. The zero-order chi connectivity index (χ0) is 24.9. The van der Waals surface area contributed by atoms with Gasteiger partial charge < -0.3 is 54.7 Å². The molecule has 1 fully saturated rings. The first kappa shape index (κ1) is 23.1. The maximum Gasteiger partial charge on any atom is 0.335 e. The zero-order valence-electron chi connectivity index (χ0n) is 16.9. The van der Waals surface area contributed by atoms with Gasteiger partial charge in [0.05, 0.1) is 0 Å². The summed E-state index contributed by atoms with van der Waals surface area (Å²) in [6.45, 7) is 0. The summed E-state index contributed by atoms with van der Waals surface area (Å²) in [7, 11) is 0. The lowest BCUT2D eigenvalue weighted by Crippen LogP contribution is -2.61. The van der Waals surface area contributed by atoms with E-state index >= 15 is 0 Å². The number of ether oxygens (including phenoxy) is 2. The molecule has 180 valence electrons. The normalized spacial score (nSPS) is 24.7. The first-order valence-electron chi connectivity index (χ1n) is 9.64. The molecule has 2 aromatic carbocycles. The lowest BCUT2D eigenvalue weighted by Gasteiger charge is -2.38. The first-order chi connectivity index (χ1) is 16.0. The summed E-state index contributed by atoms with van der Waals surface area (Å²) in [6.07, 6.45) is -10.1. The summed E-state index contributed by atoms with van der Waals surface area (Å²) < 4.78 is 16.1. The maximum atomic E-state index is 13.2. The molecule has 1 aliphatic rings. The smallest absolute Gasteiger partial charge is 0.335 e. The fourth-order valence-electron chi connectivity index (χ4n) is 3.50. The second-order valence-corrected chi connectivity index (χ2v) is 7.48. The van der Waals surface area contributed by atoms with E-state index < -0.39 is 82.0 Å². The molecule has 1 aliphatic heterocycles. The molecule has 0 bridgehead atoms. The molecule has 5 atom stereocenters. The molecule has 0 amide bonds. The summed E-state index contributed by atoms with van der Waals surface area (Å²) in [5.41, 5.74) is -1.40. The third-order valence-corrected chi connectivity index (χ3v) is 5.20. The number of aliphatic hydroxyl groups is 3. The van der Waals surface area contributed by atoms with Gasteiger partial charge in [-0.2, -0.15) is 0 Å². The van der Waals surface area contributed by atoms with E-state index in [9.17, 15) is 50.4 Å². The van der Waals surface area contributed by atoms with Gasteiger partial charge in [-0.1, -0.05) is 0 Å². The summed E-state index contributed by atoms with van der Waals surface area (Å²) >= 11 is 0. The molecule has 0 saturated carbocycles. The number of benzene rings is 2. The zero-order valence-corrected chi connectivity index (χ0v) is 16.9. The molecular formula is C21H18O13. The molecule has 0 unspecified atom stereocenters. The van der Waals surface area contributed by atoms with Gasteiger partial charge in [0.15, 0.2) is 23.4 Å². The molecule has 2 heterocycles. The van der Waals surface area contributed by atoms with E-state index in [0.717, 1.165) is 24.3 Å². The van der Waals surface area contributed by atoms with Crippen LogP contribution in [0.4, 0.5) is 0 Å². The molecule has 0 radical (unpaired) electrons. The molecule has 0 aliphatic carbocycles. The summed E-state index contributed by atoms with van der Waals surface area (Å²) in [6, 6.07) is 5.13. The number of carboxylic acids is 1. The van der Waals surface area contributed by atoms with Gasteiger partial charge in [-0.3, -0.25) is 4.79 Å². The Kier molecular flexibility index (Phi) is 5.70. The predicted molar refractivity (Wildman–Crippen MR) is 110 cm³/mol. The molecular weight excluding hydrogens is 460 g/mol. The first-order valence-corrected chi connectivity index (χ1v) is 9.64. The SMILES string of the molecule is O=C(O)[C@@H]1O[C@H](Oc2c(-c3ccc(O)c(O)c3)oc3cc(O)cc(O)c3c2=O)[C@@H](O)[C@H](O)[C@H]1O. The van der Waals surface area contributed by atoms with E-state index in [1.807, 2.05) is 0 Å². The van der Waals surface area contributed by atoms with Crippen molar-refractivity contribution in [2.75, 3.05) is 0 Å². The average molecular weight is 478 g/mol. The molecule has 4 rings (SSSR count). The van der Waals surface area contributed by atoms with Crippen molar-refractivity contribution in [3.8, 4) is 40.1 Å². The minimum absolute atomic E-state index is 0.0483. The second-order valence-electron chi connectivity index (χ2n) is 7.48. The monoisotopic (exact) mass is 478 g/mol. The van der Waals surface area contributed by atoms with Crippen LogP contribution in [0.3, 0.4) is 0 Å². The number of aliphatic carboxylic acids is 1. The second kappa shape index (κ2) is 8.39. The molecule has 1 aromatic heterocycles. The molecule has 13 nitrogen and oxygen atoms in total. The van der Waals surface area contributed by atoms with E-state index in [-0.39, 0.29) is 11.1 Å². The Labute approximate surface area is 188 Å². The number of aromatic hydroxyl groups is 4.